The molecule has 4 heteroatoms. The molecule has 18 heavy (non-hydrogen) atoms. The molecule has 0 bridgehead atoms. The van der Waals surface area contributed by atoms with E-state index in [1.807, 2.05) is 20.8 Å². The lowest BCUT2D eigenvalue weighted by Gasteiger charge is -1.98. The molecule has 1 rings (SSSR count). The fourth-order valence-electron chi connectivity index (χ4n) is 1.37. The summed E-state index contributed by atoms with van der Waals surface area (Å²) in [6.45, 7) is 5.94. The van der Waals surface area contributed by atoms with Gasteiger partial charge in [0.1, 0.15) is 0 Å². The van der Waals surface area contributed by atoms with Crippen LogP contribution >= 0.6 is 0 Å². The molecular weight excluding hydrogens is 246 g/mol. The third kappa shape index (κ3) is 4.84. The monoisotopic (exact) mass is 265 g/mol. The SMILES string of the molecule is CC(C)=CCCC=NS(=O)(=O)c1ccc(C)cc1. The average molecular weight is 265 g/mol. The number of sulfonamides is 1. The molecule has 0 atom stereocenters. The maximum atomic E-state index is 11.8. The van der Waals surface area contributed by atoms with E-state index in [0.29, 0.717) is 6.42 Å². The summed E-state index contributed by atoms with van der Waals surface area (Å²) in [5.41, 5.74) is 2.26. The first-order valence-corrected chi connectivity index (χ1v) is 7.34. The van der Waals surface area contributed by atoms with E-state index in [4.69, 9.17) is 0 Å². The van der Waals surface area contributed by atoms with E-state index in [9.17, 15) is 8.42 Å². The van der Waals surface area contributed by atoms with Crippen molar-refractivity contribution >= 4 is 16.2 Å². The number of allylic oxidation sites excluding steroid dienone is 2. The first-order chi connectivity index (χ1) is 8.42. The Labute approximate surface area is 109 Å². The van der Waals surface area contributed by atoms with Crippen LogP contribution in [0.3, 0.4) is 0 Å². The van der Waals surface area contributed by atoms with Crippen molar-refractivity contribution in [2.24, 2.45) is 4.40 Å². The maximum Gasteiger partial charge on any atom is 0.281 e. The Morgan fingerprint density at radius 1 is 1.17 bits per heavy atom. The molecule has 1 aromatic rings. The predicted octanol–water partition coefficient (Wildman–Crippen LogP) is 3.50. The molecule has 0 N–H and O–H groups in total. The highest BCUT2D eigenvalue weighted by molar-refractivity contribution is 7.90. The quantitative estimate of drug-likeness (QED) is 0.464. The standard InChI is InChI=1S/C14H19NO2S/c1-12(2)6-4-5-11-15-18(16,17)14-9-7-13(3)8-10-14/h6-11H,4-5H2,1-3H3. The Morgan fingerprint density at radius 2 is 1.78 bits per heavy atom. The molecule has 1 aromatic carbocycles. The molecule has 0 aliphatic carbocycles. The van der Waals surface area contributed by atoms with E-state index >= 15 is 0 Å². The number of benzene rings is 1. The first kappa shape index (κ1) is 14.6. The second kappa shape index (κ2) is 6.50. The maximum absolute atomic E-state index is 11.8. The van der Waals surface area contributed by atoms with Gasteiger partial charge in [-0.25, -0.2) is 0 Å². The minimum Gasteiger partial charge on any atom is -0.199 e. The van der Waals surface area contributed by atoms with Crippen molar-refractivity contribution in [3.8, 4) is 0 Å². The van der Waals surface area contributed by atoms with E-state index in [2.05, 4.69) is 10.5 Å². The van der Waals surface area contributed by atoms with Crippen molar-refractivity contribution in [2.75, 3.05) is 0 Å². The van der Waals surface area contributed by atoms with Crippen molar-refractivity contribution in [1.82, 2.24) is 0 Å². The Balaban J connectivity index is 2.68. The summed E-state index contributed by atoms with van der Waals surface area (Å²) in [5.74, 6) is 0. The Bertz CT molecular complexity index is 536. The van der Waals surface area contributed by atoms with Crippen molar-refractivity contribution < 1.29 is 8.42 Å². The smallest absolute Gasteiger partial charge is 0.199 e. The highest BCUT2D eigenvalue weighted by Crippen LogP contribution is 2.12. The van der Waals surface area contributed by atoms with Gasteiger partial charge in [0.15, 0.2) is 0 Å². The Hall–Kier alpha value is -1.42. The van der Waals surface area contributed by atoms with Crippen LogP contribution in [0.15, 0.2) is 45.2 Å². The summed E-state index contributed by atoms with van der Waals surface area (Å²) < 4.78 is 27.3. The summed E-state index contributed by atoms with van der Waals surface area (Å²) in [4.78, 5) is 0.242. The van der Waals surface area contributed by atoms with Gasteiger partial charge in [-0.15, -0.1) is 0 Å². The molecule has 3 nitrogen and oxygen atoms in total. The summed E-state index contributed by atoms with van der Waals surface area (Å²) in [6, 6.07) is 6.70. The fourth-order valence-corrected chi connectivity index (χ4v) is 2.27. The second-order valence-electron chi connectivity index (χ2n) is 4.43. The van der Waals surface area contributed by atoms with Crippen LogP contribution in [0, 0.1) is 6.92 Å². The zero-order chi connectivity index (χ0) is 13.6. The van der Waals surface area contributed by atoms with E-state index in [0.717, 1.165) is 12.0 Å². The molecule has 0 heterocycles. The van der Waals surface area contributed by atoms with Crippen LogP contribution in [0.4, 0.5) is 0 Å². The predicted molar refractivity (Wildman–Crippen MR) is 75.5 cm³/mol. The largest absolute Gasteiger partial charge is 0.281 e. The number of aryl methyl sites for hydroxylation is 1. The summed E-state index contributed by atoms with van der Waals surface area (Å²) >= 11 is 0. The molecule has 0 spiro atoms. The zero-order valence-electron chi connectivity index (χ0n) is 11.1. The summed E-state index contributed by atoms with van der Waals surface area (Å²) in [5, 5.41) is 0. The van der Waals surface area contributed by atoms with Crippen LogP contribution < -0.4 is 0 Å². The van der Waals surface area contributed by atoms with Crippen LogP contribution in [0.1, 0.15) is 32.3 Å². The van der Waals surface area contributed by atoms with Crippen LogP contribution in [0.5, 0.6) is 0 Å². The van der Waals surface area contributed by atoms with E-state index in [1.54, 1.807) is 24.3 Å². The molecule has 0 radical (unpaired) electrons. The van der Waals surface area contributed by atoms with Gasteiger partial charge in [-0.05, 0) is 45.7 Å². The lowest BCUT2D eigenvalue weighted by Crippen LogP contribution is -1.97. The number of nitrogens with zero attached hydrogens (tertiary/aromatic N) is 1. The molecule has 0 unspecified atom stereocenters. The topological polar surface area (TPSA) is 46.5 Å². The molecule has 0 saturated carbocycles. The van der Waals surface area contributed by atoms with Gasteiger partial charge in [-0.2, -0.15) is 12.8 Å². The van der Waals surface area contributed by atoms with Gasteiger partial charge in [-0.3, -0.25) is 0 Å². The average Bonchev–Trinajstić information content (AvgIpc) is 2.28. The van der Waals surface area contributed by atoms with Crippen LogP contribution in [-0.4, -0.2) is 14.6 Å². The van der Waals surface area contributed by atoms with Gasteiger partial charge in [0.2, 0.25) is 0 Å². The molecule has 0 saturated heterocycles. The Morgan fingerprint density at radius 3 is 2.33 bits per heavy atom. The lowest BCUT2D eigenvalue weighted by atomic mass is 10.2. The minimum absolute atomic E-state index is 0.242. The zero-order valence-corrected chi connectivity index (χ0v) is 11.9. The Kier molecular flexibility index (Phi) is 5.28. The van der Waals surface area contributed by atoms with Crippen molar-refractivity contribution in [3.63, 3.8) is 0 Å². The van der Waals surface area contributed by atoms with Gasteiger partial charge >= 0.3 is 0 Å². The summed E-state index contributed by atoms with van der Waals surface area (Å²) in [7, 11) is -3.53. The van der Waals surface area contributed by atoms with Crippen LogP contribution in [0.2, 0.25) is 0 Å². The molecule has 0 aliphatic rings. The molecule has 0 amide bonds. The third-order valence-electron chi connectivity index (χ3n) is 2.38. The van der Waals surface area contributed by atoms with E-state index in [1.165, 1.54) is 11.8 Å². The number of hydrogen-bond donors (Lipinski definition) is 0. The minimum atomic E-state index is -3.53. The van der Waals surface area contributed by atoms with Gasteiger partial charge in [0, 0.05) is 6.21 Å². The van der Waals surface area contributed by atoms with E-state index < -0.39 is 10.0 Å². The van der Waals surface area contributed by atoms with Crippen molar-refractivity contribution in [2.45, 2.75) is 38.5 Å². The van der Waals surface area contributed by atoms with Crippen LogP contribution in [0.25, 0.3) is 0 Å². The molecule has 98 valence electrons. The van der Waals surface area contributed by atoms with Gasteiger partial charge < -0.3 is 0 Å². The highest BCUT2D eigenvalue weighted by Gasteiger charge is 2.10. The van der Waals surface area contributed by atoms with Gasteiger partial charge in [0.25, 0.3) is 10.0 Å². The number of hydrogen-bond acceptors (Lipinski definition) is 2. The molecule has 0 aromatic heterocycles. The third-order valence-corrected chi connectivity index (χ3v) is 3.67. The molecular formula is C14H19NO2S. The van der Waals surface area contributed by atoms with Gasteiger partial charge in [-0.1, -0.05) is 29.3 Å². The van der Waals surface area contributed by atoms with Crippen molar-refractivity contribution in [1.29, 1.82) is 0 Å². The highest BCUT2D eigenvalue weighted by atomic mass is 32.2. The number of unbranched alkanes of at least 4 members (excludes halogenated alkanes) is 1. The molecule has 0 aliphatic heterocycles. The normalized spacial score (nSPS) is 11.7. The van der Waals surface area contributed by atoms with E-state index in [-0.39, 0.29) is 4.90 Å². The molecule has 0 fully saturated rings. The second-order valence-corrected chi connectivity index (χ2v) is 6.07. The summed E-state index contributed by atoms with van der Waals surface area (Å²) in [6.07, 6.45) is 4.98. The van der Waals surface area contributed by atoms with Crippen LogP contribution in [-0.2, 0) is 10.0 Å². The lowest BCUT2D eigenvalue weighted by molar-refractivity contribution is 0.598. The number of rotatable bonds is 5. The fraction of sp³-hybridized carbons (Fsp3) is 0.357. The van der Waals surface area contributed by atoms with Crippen molar-refractivity contribution in [3.05, 3.63) is 41.5 Å². The first-order valence-electron chi connectivity index (χ1n) is 5.90. The van der Waals surface area contributed by atoms with Gasteiger partial charge in [0.05, 0.1) is 4.90 Å².